The first-order chi connectivity index (χ1) is 8.79. The van der Waals surface area contributed by atoms with Crippen molar-refractivity contribution in [1.29, 1.82) is 0 Å². The molecule has 0 spiro atoms. The van der Waals surface area contributed by atoms with Gasteiger partial charge in [-0.3, -0.25) is 9.59 Å². The van der Waals surface area contributed by atoms with Gasteiger partial charge < -0.3 is 16.0 Å². The Morgan fingerprint density at radius 1 is 1.32 bits per heavy atom. The summed E-state index contributed by atoms with van der Waals surface area (Å²) in [5, 5.41) is 2.75. The van der Waals surface area contributed by atoms with Crippen LogP contribution in [0.2, 0.25) is 0 Å². The molecule has 104 valence electrons. The van der Waals surface area contributed by atoms with E-state index in [1.807, 2.05) is 20.8 Å². The van der Waals surface area contributed by atoms with Crippen molar-refractivity contribution in [3.63, 3.8) is 0 Å². The predicted molar refractivity (Wildman–Crippen MR) is 75.8 cm³/mol. The quantitative estimate of drug-likeness (QED) is 0.801. The molecule has 2 amide bonds. The number of rotatable bonds is 4. The summed E-state index contributed by atoms with van der Waals surface area (Å²) < 4.78 is 0. The lowest BCUT2D eigenvalue weighted by atomic mass is 10.1. The molecule has 0 heterocycles. The van der Waals surface area contributed by atoms with Crippen molar-refractivity contribution in [3.8, 4) is 0 Å². The number of carbonyl (C=O) groups is 2. The SMILES string of the molecule is Cc1cc(N)cc(C(=O)N(C)CC(=O)NC(C)C)c1. The molecule has 0 atom stereocenters. The first-order valence-corrected chi connectivity index (χ1v) is 6.21. The Morgan fingerprint density at radius 2 is 1.95 bits per heavy atom. The molecule has 1 rings (SSSR count). The van der Waals surface area contributed by atoms with Crippen molar-refractivity contribution in [2.24, 2.45) is 0 Å². The van der Waals surface area contributed by atoms with Gasteiger partial charge in [0.1, 0.15) is 0 Å². The molecule has 0 fully saturated rings. The standard InChI is InChI=1S/C14H21N3O2/c1-9(2)16-13(18)8-17(4)14(19)11-5-10(3)6-12(15)7-11/h5-7,9H,8,15H2,1-4H3,(H,16,18). The fourth-order valence-electron chi connectivity index (χ4n) is 1.81. The molecule has 0 aromatic heterocycles. The molecule has 0 bridgehead atoms. The van der Waals surface area contributed by atoms with Gasteiger partial charge in [-0.2, -0.15) is 0 Å². The van der Waals surface area contributed by atoms with Crippen LogP contribution in [0, 0.1) is 6.92 Å². The van der Waals surface area contributed by atoms with Crippen LogP contribution in [0.5, 0.6) is 0 Å². The van der Waals surface area contributed by atoms with E-state index in [1.165, 1.54) is 4.90 Å². The fourth-order valence-corrected chi connectivity index (χ4v) is 1.81. The molecule has 1 aromatic carbocycles. The number of anilines is 1. The summed E-state index contributed by atoms with van der Waals surface area (Å²) in [5.74, 6) is -0.388. The van der Waals surface area contributed by atoms with Crippen molar-refractivity contribution in [1.82, 2.24) is 10.2 Å². The van der Waals surface area contributed by atoms with Gasteiger partial charge in [0.25, 0.3) is 5.91 Å². The highest BCUT2D eigenvalue weighted by Gasteiger charge is 2.15. The Morgan fingerprint density at radius 3 is 2.47 bits per heavy atom. The minimum atomic E-state index is -0.214. The van der Waals surface area contributed by atoms with E-state index in [-0.39, 0.29) is 24.4 Å². The van der Waals surface area contributed by atoms with E-state index in [2.05, 4.69) is 5.32 Å². The summed E-state index contributed by atoms with van der Waals surface area (Å²) in [4.78, 5) is 25.1. The zero-order chi connectivity index (χ0) is 14.6. The number of nitrogens with one attached hydrogen (secondary N) is 1. The Labute approximate surface area is 113 Å². The van der Waals surface area contributed by atoms with Gasteiger partial charge in [0.15, 0.2) is 0 Å². The Balaban J connectivity index is 2.74. The number of nitrogen functional groups attached to an aromatic ring is 1. The number of aryl methyl sites for hydroxylation is 1. The average Bonchev–Trinajstić information content (AvgIpc) is 2.25. The molecule has 0 unspecified atom stereocenters. The van der Waals surface area contributed by atoms with E-state index in [1.54, 1.807) is 25.2 Å². The molecule has 0 aliphatic heterocycles. The van der Waals surface area contributed by atoms with Crippen molar-refractivity contribution in [2.45, 2.75) is 26.8 Å². The second kappa shape index (κ2) is 6.22. The summed E-state index contributed by atoms with van der Waals surface area (Å²) in [6, 6.07) is 5.23. The van der Waals surface area contributed by atoms with E-state index in [9.17, 15) is 9.59 Å². The number of likely N-dealkylation sites (N-methyl/N-ethyl adjacent to an activating group) is 1. The van der Waals surface area contributed by atoms with E-state index < -0.39 is 0 Å². The van der Waals surface area contributed by atoms with Crippen LogP contribution in [-0.2, 0) is 4.79 Å². The predicted octanol–water partition coefficient (Wildman–Crippen LogP) is 1.17. The van der Waals surface area contributed by atoms with E-state index in [0.717, 1.165) is 5.56 Å². The Bertz CT molecular complexity index is 463. The monoisotopic (exact) mass is 263 g/mol. The van der Waals surface area contributed by atoms with Crippen molar-refractivity contribution in [2.75, 3.05) is 19.3 Å². The van der Waals surface area contributed by atoms with Crippen LogP contribution in [0.4, 0.5) is 5.69 Å². The highest BCUT2D eigenvalue weighted by Crippen LogP contribution is 2.12. The van der Waals surface area contributed by atoms with Crippen LogP contribution in [0.15, 0.2) is 18.2 Å². The third kappa shape index (κ3) is 4.62. The van der Waals surface area contributed by atoms with Gasteiger partial charge in [0, 0.05) is 24.3 Å². The first-order valence-electron chi connectivity index (χ1n) is 6.21. The molecule has 19 heavy (non-hydrogen) atoms. The van der Waals surface area contributed by atoms with E-state index in [4.69, 9.17) is 5.73 Å². The smallest absolute Gasteiger partial charge is 0.254 e. The minimum absolute atomic E-state index is 0.0326. The normalized spacial score (nSPS) is 10.4. The zero-order valence-electron chi connectivity index (χ0n) is 11.9. The van der Waals surface area contributed by atoms with Crippen molar-refractivity contribution >= 4 is 17.5 Å². The zero-order valence-corrected chi connectivity index (χ0v) is 11.9. The average molecular weight is 263 g/mol. The van der Waals surface area contributed by atoms with Gasteiger partial charge in [0.2, 0.25) is 5.91 Å². The summed E-state index contributed by atoms with van der Waals surface area (Å²) in [7, 11) is 1.60. The largest absolute Gasteiger partial charge is 0.399 e. The van der Waals surface area contributed by atoms with Crippen LogP contribution < -0.4 is 11.1 Å². The summed E-state index contributed by atoms with van der Waals surface area (Å²) in [6.07, 6.45) is 0. The maximum Gasteiger partial charge on any atom is 0.254 e. The number of hydrogen-bond acceptors (Lipinski definition) is 3. The molecule has 1 aromatic rings. The van der Waals surface area contributed by atoms with Gasteiger partial charge >= 0.3 is 0 Å². The van der Waals surface area contributed by atoms with Crippen LogP contribution >= 0.6 is 0 Å². The highest BCUT2D eigenvalue weighted by atomic mass is 16.2. The second-order valence-electron chi connectivity index (χ2n) is 5.02. The van der Waals surface area contributed by atoms with Gasteiger partial charge in [-0.15, -0.1) is 0 Å². The lowest BCUT2D eigenvalue weighted by molar-refractivity contribution is -0.122. The number of nitrogens with two attached hydrogens (primary N) is 1. The second-order valence-corrected chi connectivity index (χ2v) is 5.02. The lowest BCUT2D eigenvalue weighted by Gasteiger charge is -2.18. The van der Waals surface area contributed by atoms with Crippen LogP contribution in [0.1, 0.15) is 29.8 Å². The van der Waals surface area contributed by atoms with E-state index in [0.29, 0.717) is 11.3 Å². The summed E-state index contributed by atoms with van der Waals surface area (Å²) in [5.41, 5.74) is 7.68. The fraction of sp³-hybridized carbons (Fsp3) is 0.429. The molecular weight excluding hydrogens is 242 g/mol. The van der Waals surface area contributed by atoms with Gasteiger partial charge in [0.05, 0.1) is 6.54 Å². The number of hydrogen-bond donors (Lipinski definition) is 2. The van der Waals surface area contributed by atoms with Gasteiger partial charge in [-0.25, -0.2) is 0 Å². The molecular formula is C14H21N3O2. The molecule has 0 aliphatic carbocycles. The molecule has 5 nitrogen and oxygen atoms in total. The maximum absolute atomic E-state index is 12.2. The van der Waals surface area contributed by atoms with Crippen LogP contribution in [0.3, 0.4) is 0 Å². The topological polar surface area (TPSA) is 75.4 Å². The third-order valence-corrected chi connectivity index (χ3v) is 2.52. The number of carbonyl (C=O) groups excluding carboxylic acids is 2. The molecule has 0 saturated carbocycles. The Hall–Kier alpha value is -2.04. The third-order valence-electron chi connectivity index (χ3n) is 2.52. The first kappa shape index (κ1) is 15.0. The van der Waals surface area contributed by atoms with Crippen molar-refractivity contribution < 1.29 is 9.59 Å². The number of benzene rings is 1. The van der Waals surface area contributed by atoms with Gasteiger partial charge in [-0.05, 0) is 44.5 Å². The minimum Gasteiger partial charge on any atom is -0.399 e. The molecule has 0 saturated heterocycles. The summed E-state index contributed by atoms with van der Waals surface area (Å²) >= 11 is 0. The van der Waals surface area contributed by atoms with Crippen molar-refractivity contribution in [3.05, 3.63) is 29.3 Å². The summed E-state index contributed by atoms with van der Waals surface area (Å²) in [6.45, 7) is 5.66. The van der Waals surface area contributed by atoms with Gasteiger partial charge in [-0.1, -0.05) is 0 Å². The van der Waals surface area contributed by atoms with Crippen LogP contribution in [0.25, 0.3) is 0 Å². The lowest BCUT2D eigenvalue weighted by Crippen LogP contribution is -2.40. The molecule has 3 N–H and O–H groups in total. The highest BCUT2D eigenvalue weighted by molar-refractivity contribution is 5.97. The molecule has 0 aliphatic rings. The number of nitrogens with zero attached hydrogens (tertiary/aromatic N) is 1. The maximum atomic E-state index is 12.2. The van der Waals surface area contributed by atoms with E-state index >= 15 is 0 Å². The van der Waals surface area contributed by atoms with Crippen LogP contribution in [-0.4, -0.2) is 36.3 Å². The molecule has 5 heteroatoms. The Kier molecular flexibility index (Phi) is 4.92. The number of amides is 2. The molecule has 0 radical (unpaired) electrons.